The predicted molar refractivity (Wildman–Crippen MR) is 90.7 cm³/mol. The maximum atomic E-state index is 13.6. The lowest BCUT2D eigenvalue weighted by molar-refractivity contribution is 0.0996. The molecule has 1 aliphatic rings. The lowest BCUT2D eigenvalue weighted by atomic mass is 10.1. The van der Waals surface area contributed by atoms with Gasteiger partial charge in [-0.2, -0.15) is 0 Å². The molecule has 25 heavy (non-hydrogen) atoms. The van der Waals surface area contributed by atoms with Gasteiger partial charge in [0.05, 0.1) is 12.6 Å². The molecule has 0 aromatic heterocycles. The molecule has 3 rings (SSSR count). The van der Waals surface area contributed by atoms with E-state index in [1.807, 2.05) is 13.0 Å². The fourth-order valence-corrected chi connectivity index (χ4v) is 3.42. The number of hydrogen-bond donors (Lipinski definition) is 1. The van der Waals surface area contributed by atoms with Gasteiger partial charge in [-0.25, -0.2) is 17.5 Å². The van der Waals surface area contributed by atoms with Gasteiger partial charge < -0.3 is 4.74 Å². The summed E-state index contributed by atoms with van der Waals surface area (Å²) in [4.78, 5) is 11.9. The fourth-order valence-electron chi connectivity index (χ4n) is 2.36. The van der Waals surface area contributed by atoms with Crippen molar-refractivity contribution in [1.29, 1.82) is 0 Å². The van der Waals surface area contributed by atoms with Gasteiger partial charge in [0.15, 0.2) is 5.78 Å². The minimum Gasteiger partial charge on any atom is -0.490 e. The molecule has 0 radical (unpaired) electrons. The number of carbonyl (C=O) groups is 1. The van der Waals surface area contributed by atoms with Crippen LogP contribution in [0.5, 0.6) is 5.75 Å². The highest BCUT2D eigenvalue weighted by molar-refractivity contribution is 7.89. The third-order valence-corrected chi connectivity index (χ3v) is 5.18. The Morgan fingerprint density at radius 1 is 1.24 bits per heavy atom. The molecule has 7 heteroatoms. The van der Waals surface area contributed by atoms with Crippen molar-refractivity contribution in [2.24, 2.45) is 0 Å². The van der Waals surface area contributed by atoms with Crippen LogP contribution in [-0.2, 0) is 10.0 Å². The molecule has 0 amide bonds. The SMILES string of the molecule is Cc1cc(OC2CC2)cc(C(=O)CNS(=O)(=O)c2ccccc2F)c1. The summed E-state index contributed by atoms with van der Waals surface area (Å²) >= 11 is 0. The summed E-state index contributed by atoms with van der Waals surface area (Å²) in [5.74, 6) is -0.676. The second-order valence-electron chi connectivity index (χ2n) is 6.03. The molecule has 1 N–H and O–H groups in total. The van der Waals surface area contributed by atoms with Crippen molar-refractivity contribution in [1.82, 2.24) is 4.72 Å². The molecule has 132 valence electrons. The number of halogens is 1. The van der Waals surface area contributed by atoms with Crippen LogP contribution in [0.1, 0.15) is 28.8 Å². The number of benzene rings is 2. The van der Waals surface area contributed by atoms with E-state index in [1.54, 1.807) is 12.1 Å². The fraction of sp³-hybridized carbons (Fsp3) is 0.278. The van der Waals surface area contributed by atoms with Crippen LogP contribution in [0.25, 0.3) is 0 Å². The standard InChI is InChI=1S/C18H18FNO4S/c1-12-8-13(10-15(9-12)24-14-6-7-14)17(21)11-20-25(22,23)18-5-3-2-4-16(18)19/h2-5,8-10,14,20H,6-7,11H2,1H3. The van der Waals surface area contributed by atoms with Gasteiger partial charge >= 0.3 is 0 Å². The first kappa shape index (κ1) is 17.6. The van der Waals surface area contributed by atoms with E-state index in [4.69, 9.17) is 4.74 Å². The van der Waals surface area contributed by atoms with Crippen molar-refractivity contribution in [3.05, 3.63) is 59.4 Å². The number of rotatable bonds is 7. The molecule has 2 aromatic rings. The second kappa shape index (κ2) is 6.93. The highest BCUT2D eigenvalue weighted by atomic mass is 32.2. The van der Waals surface area contributed by atoms with Gasteiger partial charge in [-0.3, -0.25) is 4.79 Å². The molecule has 0 spiro atoms. The monoisotopic (exact) mass is 363 g/mol. The predicted octanol–water partition coefficient (Wildman–Crippen LogP) is 2.84. The van der Waals surface area contributed by atoms with Crippen LogP contribution in [0.2, 0.25) is 0 Å². The number of sulfonamides is 1. The average molecular weight is 363 g/mol. The van der Waals surface area contributed by atoms with Gasteiger partial charge in [-0.05, 0) is 55.7 Å². The normalized spacial score (nSPS) is 14.3. The summed E-state index contributed by atoms with van der Waals surface area (Å²) in [6, 6.07) is 10.1. The van der Waals surface area contributed by atoms with Crippen molar-refractivity contribution in [3.8, 4) is 5.75 Å². The molecule has 1 saturated carbocycles. The minimum absolute atomic E-state index is 0.198. The Balaban J connectivity index is 1.72. The first-order chi connectivity index (χ1) is 11.8. The van der Waals surface area contributed by atoms with Gasteiger partial charge in [-0.15, -0.1) is 0 Å². The summed E-state index contributed by atoms with van der Waals surface area (Å²) < 4.78 is 45.8. The van der Waals surface area contributed by atoms with Crippen molar-refractivity contribution >= 4 is 15.8 Å². The van der Waals surface area contributed by atoms with E-state index in [9.17, 15) is 17.6 Å². The molecule has 1 aliphatic carbocycles. The Hall–Kier alpha value is -2.25. The summed E-state index contributed by atoms with van der Waals surface area (Å²) in [6.07, 6.45) is 2.20. The van der Waals surface area contributed by atoms with E-state index < -0.39 is 33.1 Å². The van der Waals surface area contributed by atoms with E-state index in [-0.39, 0.29) is 6.10 Å². The van der Waals surface area contributed by atoms with Crippen LogP contribution in [0.15, 0.2) is 47.4 Å². The zero-order valence-electron chi connectivity index (χ0n) is 13.7. The number of ketones is 1. The maximum absolute atomic E-state index is 13.6. The number of carbonyl (C=O) groups excluding carboxylic acids is 1. The number of ether oxygens (including phenoxy) is 1. The minimum atomic E-state index is -4.10. The van der Waals surface area contributed by atoms with Crippen LogP contribution in [-0.4, -0.2) is 26.8 Å². The second-order valence-corrected chi connectivity index (χ2v) is 7.77. The van der Waals surface area contributed by atoms with Crippen molar-refractivity contribution in [2.45, 2.75) is 30.8 Å². The molecular weight excluding hydrogens is 345 g/mol. The van der Waals surface area contributed by atoms with E-state index in [1.165, 1.54) is 12.1 Å². The van der Waals surface area contributed by atoms with Crippen LogP contribution in [0.4, 0.5) is 4.39 Å². The molecular formula is C18H18FNO4S. The summed E-state index contributed by atoms with van der Waals surface area (Å²) in [6.45, 7) is 1.38. The molecule has 1 fully saturated rings. The van der Waals surface area contributed by atoms with Crippen LogP contribution >= 0.6 is 0 Å². The largest absolute Gasteiger partial charge is 0.490 e. The summed E-state index contributed by atoms with van der Waals surface area (Å²) in [7, 11) is -4.10. The van der Waals surface area contributed by atoms with E-state index in [2.05, 4.69) is 4.72 Å². The van der Waals surface area contributed by atoms with Crippen molar-refractivity contribution < 1.29 is 22.3 Å². The van der Waals surface area contributed by atoms with Crippen LogP contribution in [0.3, 0.4) is 0 Å². The third-order valence-electron chi connectivity index (χ3n) is 3.75. The molecule has 0 aliphatic heterocycles. The number of aryl methyl sites for hydroxylation is 1. The molecule has 2 aromatic carbocycles. The van der Waals surface area contributed by atoms with E-state index in [0.29, 0.717) is 11.3 Å². The first-order valence-corrected chi connectivity index (χ1v) is 9.39. The average Bonchev–Trinajstić information content (AvgIpc) is 3.36. The van der Waals surface area contributed by atoms with Crippen molar-refractivity contribution in [2.75, 3.05) is 6.54 Å². The Bertz CT molecular complexity index is 907. The van der Waals surface area contributed by atoms with Gasteiger partial charge in [0.1, 0.15) is 16.5 Å². The topological polar surface area (TPSA) is 72.5 Å². The van der Waals surface area contributed by atoms with Crippen LogP contribution in [0, 0.1) is 12.7 Å². The lowest BCUT2D eigenvalue weighted by Gasteiger charge is -2.10. The molecule has 0 heterocycles. The molecule has 0 unspecified atom stereocenters. The highest BCUT2D eigenvalue weighted by Gasteiger charge is 2.24. The zero-order chi connectivity index (χ0) is 18.0. The van der Waals surface area contributed by atoms with Gasteiger partial charge in [0.25, 0.3) is 0 Å². The van der Waals surface area contributed by atoms with Gasteiger partial charge in [0, 0.05) is 5.56 Å². The molecule has 0 atom stereocenters. The van der Waals surface area contributed by atoms with Crippen LogP contribution < -0.4 is 9.46 Å². The Morgan fingerprint density at radius 2 is 1.96 bits per heavy atom. The molecule has 0 bridgehead atoms. The summed E-state index contributed by atoms with van der Waals surface area (Å²) in [5.41, 5.74) is 1.20. The Labute approximate surface area is 145 Å². The maximum Gasteiger partial charge on any atom is 0.243 e. The molecule has 5 nitrogen and oxygen atoms in total. The number of Topliss-reactive ketones (excluding diaryl/α,β-unsaturated/α-hetero) is 1. The van der Waals surface area contributed by atoms with E-state index >= 15 is 0 Å². The van der Waals surface area contributed by atoms with E-state index in [0.717, 1.165) is 30.5 Å². The van der Waals surface area contributed by atoms with Gasteiger partial charge in [0.2, 0.25) is 10.0 Å². The van der Waals surface area contributed by atoms with Crippen molar-refractivity contribution in [3.63, 3.8) is 0 Å². The molecule has 0 saturated heterocycles. The number of nitrogens with one attached hydrogen (secondary N) is 1. The Morgan fingerprint density at radius 3 is 2.64 bits per heavy atom. The smallest absolute Gasteiger partial charge is 0.243 e. The highest BCUT2D eigenvalue weighted by Crippen LogP contribution is 2.28. The van der Waals surface area contributed by atoms with Gasteiger partial charge in [-0.1, -0.05) is 12.1 Å². The number of hydrogen-bond acceptors (Lipinski definition) is 4. The lowest BCUT2D eigenvalue weighted by Crippen LogP contribution is -2.30. The zero-order valence-corrected chi connectivity index (χ0v) is 14.5. The summed E-state index contributed by atoms with van der Waals surface area (Å²) in [5, 5.41) is 0. The quantitative estimate of drug-likeness (QED) is 0.768. The Kier molecular flexibility index (Phi) is 4.87. The third kappa shape index (κ3) is 4.43. The first-order valence-electron chi connectivity index (χ1n) is 7.91.